The molecule has 0 bridgehead atoms. The number of carbonyl (C=O) groups excluding carboxylic acids is 1. The molecule has 0 spiro atoms. The molecule has 2 heteroatoms. The molecule has 1 aliphatic rings. The van der Waals surface area contributed by atoms with Crippen LogP contribution in [0.1, 0.15) is 44.6 Å². The Bertz CT molecular complexity index is 396. The lowest BCUT2D eigenvalue weighted by Gasteiger charge is -2.28. The molecule has 2 unspecified atom stereocenters. The number of hydrogen-bond acceptors (Lipinski definition) is 1. The zero-order valence-corrected chi connectivity index (χ0v) is 11.7. The van der Waals surface area contributed by atoms with Gasteiger partial charge in [0, 0.05) is 17.4 Å². The van der Waals surface area contributed by atoms with Crippen LogP contribution in [-0.4, -0.2) is 5.78 Å². The third-order valence-electron chi connectivity index (χ3n) is 3.96. The van der Waals surface area contributed by atoms with Gasteiger partial charge in [-0.05, 0) is 42.9 Å². The van der Waals surface area contributed by atoms with Crippen molar-refractivity contribution in [2.75, 3.05) is 0 Å². The predicted molar refractivity (Wildman–Crippen MR) is 75.9 cm³/mol. The van der Waals surface area contributed by atoms with Gasteiger partial charge in [-0.2, -0.15) is 0 Å². The molecule has 0 heterocycles. The first-order chi connectivity index (χ1) is 8.69. The van der Waals surface area contributed by atoms with Crippen molar-refractivity contribution in [1.29, 1.82) is 0 Å². The zero-order valence-electron chi connectivity index (χ0n) is 11.0. The lowest BCUT2D eigenvalue weighted by atomic mass is 9.76. The topological polar surface area (TPSA) is 17.1 Å². The molecule has 1 fully saturated rings. The smallest absolute Gasteiger partial charge is 0.136 e. The number of ketones is 1. The highest BCUT2D eigenvalue weighted by molar-refractivity contribution is 6.30. The van der Waals surface area contributed by atoms with Crippen molar-refractivity contribution in [3.63, 3.8) is 0 Å². The number of hydrogen-bond donors (Lipinski definition) is 0. The van der Waals surface area contributed by atoms with Crippen LogP contribution >= 0.6 is 11.6 Å². The largest absolute Gasteiger partial charge is 0.299 e. The molecule has 0 radical (unpaired) electrons. The average Bonchev–Trinajstić information content (AvgIpc) is 2.36. The molecule has 1 aromatic carbocycles. The minimum atomic E-state index is 0.233. The fourth-order valence-corrected chi connectivity index (χ4v) is 3.10. The summed E-state index contributed by atoms with van der Waals surface area (Å²) in [7, 11) is 0. The van der Waals surface area contributed by atoms with Gasteiger partial charge in [0.15, 0.2) is 0 Å². The van der Waals surface area contributed by atoms with E-state index in [1.807, 2.05) is 24.3 Å². The SMILES string of the molecule is CCCC1CCC(=O)C(Cc2ccc(Cl)cc2)C1. The van der Waals surface area contributed by atoms with E-state index in [4.69, 9.17) is 11.6 Å². The van der Waals surface area contributed by atoms with Crippen molar-refractivity contribution < 1.29 is 4.79 Å². The van der Waals surface area contributed by atoms with Crippen LogP contribution in [0.4, 0.5) is 0 Å². The Hall–Kier alpha value is -0.820. The normalized spacial score (nSPS) is 24.2. The summed E-state index contributed by atoms with van der Waals surface area (Å²) < 4.78 is 0. The quantitative estimate of drug-likeness (QED) is 0.772. The van der Waals surface area contributed by atoms with Crippen molar-refractivity contribution >= 4 is 17.4 Å². The summed E-state index contributed by atoms with van der Waals surface area (Å²) in [5.41, 5.74) is 1.23. The number of benzene rings is 1. The van der Waals surface area contributed by atoms with Crippen LogP contribution in [0, 0.1) is 11.8 Å². The van der Waals surface area contributed by atoms with Gasteiger partial charge in [0.25, 0.3) is 0 Å². The molecular weight excluding hydrogens is 244 g/mol. The summed E-state index contributed by atoms with van der Waals surface area (Å²) in [6.45, 7) is 2.23. The van der Waals surface area contributed by atoms with Crippen molar-refractivity contribution in [1.82, 2.24) is 0 Å². The van der Waals surface area contributed by atoms with Crippen molar-refractivity contribution in [3.05, 3.63) is 34.9 Å². The van der Waals surface area contributed by atoms with Gasteiger partial charge in [0.1, 0.15) is 5.78 Å². The van der Waals surface area contributed by atoms with Crippen LogP contribution in [0.15, 0.2) is 24.3 Å². The van der Waals surface area contributed by atoms with Gasteiger partial charge in [0.05, 0.1) is 0 Å². The molecule has 0 aromatic heterocycles. The molecule has 0 saturated heterocycles. The fraction of sp³-hybridized carbons (Fsp3) is 0.562. The Labute approximate surface area is 115 Å². The van der Waals surface area contributed by atoms with Gasteiger partial charge in [-0.25, -0.2) is 0 Å². The van der Waals surface area contributed by atoms with Crippen LogP contribution in [0.5, 0.6) is 0 Å². The predicted octanol–water partition coefficient (Wildman–Crippen LogP) is 4.67. The van der Waals surface area contributed by atoms with E-state index in [9.17, 15) is 4.79 Å². The number of rotatable bonds is 4. The van der Waals surface area contributed by atoms with E-state index in [0.717, 1.165) is 36.6 Å². The maximum Gasteiger partial charge on any atom is 0.136 e. The molecule has 98 valence electrons. The maximum atomic E-state index is 12.0. The van der Waals surface area contributed by atoms with Gasteiger partial charge in [0.2, 0.25) is 0 Å². The van der Waals surface area contributed by atoms with E-state index in [2.05, 4.69) is 6.92 Å². The highest BCUT2D eigenvalue weighted by Crippen LogP contribution is 2.31. The molecule has 18 heavy (non-hydrogen) atoms. The lowest BCUT2D eigenvalue weighted by molar-refractivity contribution is -0.125. The number of carbonyl (C=O) groups is 1. The van der Waals surface area contributed by atoms with Crippen LogP contribution in [0.2, 0.25) is 5.02 Å². The van der Waals surface area contributed by atoms with Crippen molar-refractivity contribution in [2.24, 2.45) is 11.8 Å². The highest BCUT2D eigenvalue weighted by Gasteiger charge is 2.28. The Balaban J connectivity index is 1.98. The zero-order chi connectivity index (χ0) is 13.0. The summed E-state index contributed by atoms with van der Waals surface area (Å²) in [4.78, 5) is 12.0. The first-order valence-corrected chi connectivity index (χ1v) is 7.34. The molecule has 1 nitrogen and oxygen atoms in total. The first-order valence-electron chi connectivity index (χ1n) is 6.96. The molecule has 2 atom stereocenters. The van der Waals surface area contributed by atoms with E-state index >= 15 is 0 Å². The Morgan fingerprint density at radius 2 is 2.00 bits per heavy atom. The Morgan fingerprint density at radius 3 is 2.67 bits per heavy atom. The molecule has 1 saturated carbocycles. The van der Waals surface area contributed by atoms with Gasteiger partial charge in [-0.3, -0.25) is 4.79 Å². The molecular formula is C16H21ClO. The second-order valence-electron chi connectivity index (χ2n) is 5.42. The van der Waals surface area contributed by atoms with Crippen molar-refractivity contribution in [3.8, 4) is 0 Å². The van der Waals surface area contributed by atoms with E-state index in [1.54, 1.807) is 0 Å². The Morgan fingerprint density at radius 1 is 1.28 bits per heavy atom. The minimum Gasteiger partial charge on any atom is -0.299 e. The van der Waals surface area contributed by atoms with Crippen LogP contribution in [-0.2, 0) is 11.2 Å². The first kappa shape index (κ1) is 13.6. The highest BCUT2D eigenvalue weighted by atomic mass is 35.5. The molecule has 0 N–H and O–H groups in total. The molecule has 2 rings (SSSR count). The van der Waals surface area contributed by atoms with Crippen LogP contribution in [0.25, 0.3) is 0 Å². The van der Waals surface area contributed by atoms with E-state index < -0.39 is 0 Å². The number of Topliss-reactive ketones (excluding diaryl/α,β-unsaturated/α-hetero) is 1. The number of halogens is 1. The molecule has 1 aliphatic carbocycles. The fourth-order valence-electron chi connectivity index (χ4n) is 2.97. The average molecular weight is 265 g/mol. The van der Waals surface area contributed by atoms with Gasteiger partial charge >= 0.3 is 0 Å². The summed E-state index contributed by atoms with van der Waals surface area (Å²) in [5.74, 6) is 1.44. The van der Waals surface area contributed by atoms with Crippen LogP contribution in [0.3, 0.4) is 0 Å². The van der Waals surface area contributed by atoms with Crippen molar-refractivity contribution in [2.45, 2.75) is 45.4 Å². The van der Waals surface area contributed by atoms with Crippen LogP contribution < -0.4 is 0 Å². The summed E-state index contributed by atoms with van der Waals surface area (Å²) in [5, 5.41) is 0.762. The van der Waals surface area contributed by atoms with Gasteiger partial charge < -0.3 is 0 Å². The summed E-state index contributed by atoms with van der Waals surface area (Å²) >= 11 is 5.88. The van der Waals surface area contributed by atoms with E-state index in [-0.39, 0.29) is 5.92 Å². The van der Waals surface area contributed by atoms with E-state index in [1.165, 1.54) is 18.4 Å². The third kappa shape index (κ3) is 3.58. The lowest BCUT2D eigenvalue weighted by Crippen LogP contribution is -2.26. The Kier molecular flexibility index (Phi) is 4.82. The second-order valence-corrected chi connectivity index (χ2v) is 5.86. The van der Waals surface area contributed by atoms with E-state index in [0.29, 0.717) is 5.78 Å². The van der Waals surface area contributed by atoms with Gasteiger partial charge in [-0.15, -0.1) is 0 Å². The minimum absolute atomic E-state index is 0.233. The second kappa shape index (κ2) is 6.38. The molecule has 0 amide bonds. The monoisotopic (exact) mass is 264 g/mol. The molecule has 0 aliphatic heterocycles. The third-order valence-corrected chi connectivity index (χ3v) is 4.22. The summed E-state index contributed by atoms with van der Waals surface area (Å²) in [6.07, 6.45) is 6.34. The maximum absolute atomic E-state index is 12.0. The summed E-state index contributed by atoms with van der Waals surface area (Å²) in [6, 6.07) is 7.90. The molecule has 1 aromatic rings. The standard InChI is InChI=1S/C16H21ClO/c1-2-3-12-6-9-16(18)14(10-12)11-13-4-7-15(17)8-5-13/h4-5,7-8,12,14H,2-3,6,9-11H2,1H3. The van der Waals surface area contributed by atoms with Gasteiger partial charge in [-0.1, -0.05) is 43.5 Å².